The van der Waals surface area contributed by atoms with Gasteiger partial charge >= 0.3 is 5.97 Å². The monoisotopic (exact) mass is 400 g/mol. The smallest absolute Gasteiger partial charge is 0.338 e. The normalized spacial score (nSPS) is 12.3. The minimum atomic E-state index is -4.14. The number of primary sulfonamides is 1. The zero-order chi connectivity index (χ0) is 19.5. The van der Waals surface area contributed by atoms with Gasteiger partial charge in [0.25, 0.3) is 5.91 Å². The van der Waals surface area contributed by atoms with Gasteiger partial charge in [-0.15, -0.1) is 0 Å². The molecule has 10 heteroatoms. The second-order valence-corrected chi connectivity index (χ2v) is 7.14. The number of hydrogen-bond acceptors (Lipinski definition) is 5. The molecule has 0 heterocycles. The van der Waals surface area contributed by atoms with Crippen LogP contribution in [0.4, 0.5) is 10.1 Å². The first-order chi connectivity index (χ1) is 12.1. The van der Waals surface area contributed by atoms with Crippen molar-refractivity contribution >= 4 is 39.2 Å². The molecule has 2 rings (SSSR count). The van der Waals surface area contributed by atoms with E-state index in [0.29, 0.717) is 0 Å². The Morgan fingerprint density at radius 3 is 2.50 bits per heavy atom. The molecule has 0 radical (unpaired) electrons. The molecule has 1 atom stereocenters. The lowest BCUT2D eigenvalue weighted by Crippen LogP contribution is -2.30. The maximum atomic E-state index is 13.5. The van der Waals surface area contributed by atoms with Gasteiger partial charge in [0.1, 0.15) is 10.7 Å². The van der Waals surface area contributed by atoms with Gasteiger partial charge in [0.05, 0.1) is 16.3 Å². The Balaban J connectivity index is 2.12. The molecule has 1 amide bonds. The van der Waals surface area contributed by atoms with Crippen LogP contribution in [0.3, 0.4) is 0 Å². The topological polar surface area (TPSA) is 116 Å². The van der Waals surface area contributed by atoms with E-state index in [1.54, 1.807) is 0 Å². The number of halogens is 2. The van der Waals surface area contributed by atoms with Crippen LogP contribution in [0.25, 0.3) is 0 Å². The highest BCUT2D eigenvalue weighted by Gasteiger charge is 2.22. The minimum Gasteiger partial charge on any atom is -0.449 e. The molecule has 0 saturated heterocycles. The number of carbonyl (C=O) groups is 2. The highest BCUT2D eigenvalue weighted by Crippen LogP contribution is 2.22. The highest BCUT2D eigenvalue weighted by atomic mass is 35.5. The van der Waals surface area contributed by atoms with Gasteiger partial charge in [0, 0.05) is 0 Å². The fraction of sp³-hybridized carbons (Fsp3) is 0.125. The molecule has 26 heavy (non-hydrogen) atoms. The molecule has 0 aliphatic rings. The third-order valence-corrected chi connectivity index (χ3v) is 4.65. The highest BCUT2D eigenvalue weighted by molar-refractivity contribution is 7.89. The van der Waals surface area contributed by atoms with Gasteiger partial charge < -0.3 is 10.1 Å². The van der Waals surface area contributed by atoms with E-state index in [0.717, 1.165) is 12.1 Å². The zero-order valence-electron chi connectivity index (χ0n) is 13.4. The lowest BCUT2D eigenvalue weighted by atomic mass is 10.2. The van der Waals surface area contributed by atoms with Crippen molar-refractivity contribution in [1.29, 1.82) is 0 Å². The number of nitrogens with two attached hydrogens (primary N) is 1. The van der Waals surface area contributed by atoms with Crippen LogP contribution in [0.5, 0.6) is 0 Å². The van der Waals surface area contributed by atoms with Gasteiger partial charge in [-0.25, -0.2) is 22.7 Å². The first kappa shape index (κ1) is 19.8. The van der Waals surface area contributed by atoms with Crippen LogP contribution in [0.2, 0.25) is 5.02 Å². The summed E-state index contributed by atoms with van der Waals surface area (Å²) in [4.78, 5) is 23.7. The number of ether oxygens (including phenoxy) is 1. The van der Waals surface area contributed by atoms with E-state index < -0.39 is 38.7 Å². The van der Waals surface area contributed by atoms with Crippen LogP contribution in [-0.4, -0.2) is 26.4 Å². The molecule has 0 aliphatic carbocycles. The first-order valence-electron chi connectivity index (χ1n) is 7.18. The van der Waals surface area contributed by atoms with Crippen LogP contribution in [0.1, 0.15) is 17.3 Å². The second kappa shape index (κ2) is 7.81. The molecular formula is C16H14ClFN2O5S. The fourth-order valence-corrected chi connectivity index (χ4v) is 3.00. The largest absolute Gasteiger partial charge is 0.449 e. The van der Waals surface area contributed by atoms with Gasteiger partial charge in [-0.05, 0) is 37.3 Å². The van der Waals surface area contributed by atoms with Gasteiger partial charge in [-0.2, -0.15) is 0 Å². The summed E-state index contributed by atoms with van der Waals surface area (Å²) in [5, 5.41) is 7.14. The van der Waals surface area contributed by atoms with Crippen LogP contribution >= 0.6 is 11.6 Å². The van der Waals surface area contributed by atoms with Gasteiger partial charge in [0.15, 0.2) is 6.10 Å². The Kier molecular flexibility index (Phi) is 5.96. The fourth-order valence-electron chi connectivity index (χ4n) is 1.93. The summed E-state index contributed by atoms with van der Waals surface area (Å²) in [6.07, 6.45) is -1.27. The van der Waals surface area contributed by atoms with Crippen LogP contribution in [-0.2, 0) is 19.6 Å². The predicted octanol–water partition coefficient (Wildman–Crippen LogP) is 2.31. The van der Waals surface area contributed by atoms with Gasteiger partial charge in [-0.3, -0.25) is 4.79 Å². The maximum absolute atomic E-state index is 13.5. The molecule has 2 aromatic carbocycles. The molecule has 3 N–H and O–H groups in total. The zero-order valence-corrected chi connectivity index (χ0v) is 15.0. The number of rotatable bonds is 5. The third kappa shape index (κ3) is 4.78. The van der Waals surface area contributed by atoms with Crippen molar-refractivity contribution in [3.63, 3.8) is 0 Å². The quantitative estimate of drug-likeness (QED) is 0.747. The number of anilines is 1. The number of carbonyl (C=O) groups excluding carboxylic acids is 2. The molecule has 0 spiro atoms. The SMILES string of the molecule is C[C@@H](OC(=O)c1ccc(Cl)c(S(N)(=O)=O)c1)C(=O)Nc1ccccc1F. The number of esters is 1. The molecule has 0 unspecified atom stereocenters. The van der Waals surface area contributed by atoms with Crippen molar-refractivity contribution in [2.75, 3.05) is 5.32 Å². The van der Waals surface area contributed by atoms with Crippen LogP contribution in [0.15, 0.2) is 47.4 Å². The van der Waals surface area contributed by atoms with E-state index in [4.69, 9.17) is 21.5 Å². The Bertz CT molecular complexity index is 965. The predicted molar refractivity (Wildman–Crippen MR) is 92.7 cm³/mol. The number of sulfonamides is 1. The summed E-state index contributed by atoms with van der Waals surface area (Å²) in [5.74, 6) is -2.37. The van der Waals surface area contributed by atoms with E-state index in [2.05, 4.69) is 5.32 Å². The molecule has 0 aromatic heterocycles. The summed E-state index contributed by atoms with van der Waals surface area (Å²) >= 11 is 5.74. The van der Waals surface area contributed by atoms with E-state index >= 15 is 0 Å². The Morgan fingerprint density at radius 2 is 1.88 bits per heavy atom. The number of nitrogens with one attached hydrogen (secondary N) is 1. The van der Waals surface area contributed by atoms with E-state index in [1.807, 2.05) is 0 Å². The van der Waals surface area contributed by atoms with E-state index in [1.165, 1.54) is 37.3 Å². The molecule has 0 bridgehead atoms. The summed E-state index contributed by atoms with van der Waals surface area (Å²) in [5.41, 5.74) is -0.229. The molecule has 138 valence electrons. The molecule has 0 aliphatic heterocycles. The Labute approximate surface area is 154 Å². The number of benzene rings is 2. The van der Waals surface area contributed by atoms with Crippen molar-refractivity contribution < 1.29 is 27.1 Å². The molecule has 7 nitrogen and oxygen atoms in total. The van der Waals surface area contributed by atoms with Crippen LogP contribution in [0, 0.1) is 5.82 Å². The lowest BCUT2D eigenvalue weighted by molar-refractivity contribution is -0.123. The summed E-state index contributed by atoms with van der Waals surface area (Å²) < 4.78 is 41.4. The number of amides is 1. The van der Waals surface area contributed by atoms with Crippen molar-refractivity contribution in [2.24, 2.45) is 5.14 Å². The third-order valence-electron chi connectivity index (χ3n) is 3.26. The van der Waals surface area contributed by atoms with Gasteiger partial charge in [-0.1, -0.05) is 23.7 Å². The maximum Gasteiger partial charge on any atom is 0.338 e. The van der Waals surface area contributed by atoms with Crippen LogP contribution < -0.4 is 10.5 Å². The summed E-state index contributed by atoms with van der Waals surface area (Å²) in [6.45, 7) is 1.28. The summed E-state index contributed by atoms with van der Waals surface area (Å²) in [7, 11) is -4.14. The standard InChI is InChI=1S/C16H14ClFN2O5S/c1-9(15(21)20-13-5-3-2-4-12(13)18)25-16(22)10-6-7-11(17)14(8-10)26(19,23)24/h2-9H,1H3,(H,20,21)(H2,19,23,24)/t9-/m1/s1. The van der Waals surface area contributed by atoms with Crippen molar-refractivity contribution in [1.82, 2.24) is 0 Å². The van der Waals surface area contributed by atoms with Crippen molar-refractivity contribution in [3.8, 4) is 0 Å². The lowest BCUT2D eigenvalue weighted by Gasteiger charge is -2.14. The molecule has 0 saturated carbocycles. The molecular weight excluding hydrogens is 387 g/mol. The first-order valence-corrected chi connectivity index (χ1v) is 9.10. The van der Waals surface area contributed by atoms with Crippen molar-refractivity contribution in [2.45, 2.75) is 17.9 Å². The number of para-hydroxylation sites is 1. The van der Waals surface area contributed by atoms with Crippen molar-refractivity contribution in [3.05, 3.63) is 58.9 Å². The number of hydrogen-bond donors (Lipinski definition) is 2. The van der Waals surface area contributed by atoms with E-state index in [9.17, 15) is 22.4 Å². The Hall–Kier alpha value is -2.49. The van der Waals surface area contributed by atoms with Gasteiger partial charge in [0.2, 0.25) is 10.0 Å². The molecule has 2 aromatic rings. The molecule has 0 fully saturated rings. The van der Waals surface area contributed by atoms with E-state index in [-0.39, 0.29) is 16.3 Å². The summed E-state index contributed by atoms with van der Waals surface area (Å²) in [6, 6.07) is 8.83. The Morgan fingerprint density at radius 1 is 1.23 bits per heavy atom. The minimum absolute atomic E-state index is 0.0663. The average Bonchev–Trinajstić information content (AvgIpc) is 2.56. The average molecular weight is 401 g/mol. The second-order valence-electron chi connectivity index (χ2n) is 5.21.